The number of carbonyl (C=O) groups excluding carboxylic acids is 6. The summed E-state index contributed by atoms with van der Waals surface area (Å²) in [5.74, 6) is 11.7. The van der Waals surface area contributed by atoms with Crippen molar-refractivity contribution in [3.05, 3.63) is 12.2 Å². The molecule has 9 aliphatic carbocycles. The van der Waals surface area contributed by atoms with Crippen molar-refractivity contribution in [1.29, 1.82) is 0 Å². The van der Waals surface area contributed by atoms with Gasteiger partial charge in [-0.05, 0) is 317 Å². The molecule has 6 N–H and O–H groups in total. The lowest BCUT2D eigenvalue weighted by Gasteiger charge is -2.33. The summed E-state index contributed by atoms with van der Waals surface area (Å²) in [4.78, 5) is 73.8. The molecule has 610 valence electrons. The Morgan fingerprint density at radius 2 is 0.562 bits per heavy atom. The molecule has 0 radical (unpaired) electrons. The summed E-state index contributed by atoms with van der Waals surface area (Å²) in [5.41, 5.74) is 0.747. The first-order chi connectivity index (χ1) is 48.2. The molecule has 0 heterocycles. The number of hydrogen-bond donors (Lipinski definition) is 6. The van der Waals surface area contributed by atoms with Crippen molar-refractivity contribution in [2.75, 3.05) is 0 Å². The average molecular weight is 1470 g/mol. The quantitative estimate of drug-likeness (QED) is 0.0357. The van der Waals surface area contributed by atoms with E-state index in [1.165, 1.54) is 154 Å². The molecule has 0 aromatic rings. The van der Waals surface area contributed by atoms with Gasteiger partial charge in [-0.3, -0.25) is 28.8 Å². The van der Waals surface area contributed by atoms with Crippen LogP contribution in [0.4, 0.5) is 0 Å². The third kappa shape index (κ3) is 49.4. The van der Waals surface area contributed by atoms with Gasteiger partial charge < -0.3 is 31.9 Å². The van der Waals surface area contributed by atoms with Gasteiger partial charge in [0, 0.05) is 68.7 Å². The van der Waals surface area contributed by atoms with Crippen molar-refractivity contribution < 1.29 is 28.8 Å². The van der Waals surface area contributed by atoms with E-state index in [1.54, 1.807) is 0 Å². The maximum Gasteiger partial charge on any atom is 0.224 e. The van der Waals surface area contributed by atoms with Gasteiger partial charge in [-0.1, -0.05) is 163 Å². The number of carbonyl (C=O) groups is 6. The van der Waals surface area contributed by atoms with E-state index in [1.807, 2.05) is 48.5 Å². The molecule has 9 aliphatic rings. The van der Waals surface area contributed by atoms with Gasteiger partial charge in [-0.2, -0.15) is 0 Å². The van der Waals surface area contributed by atoms with Gasteiger partial charge in [0.1, 0.15) is 0 Å². The van der Waals surface area contributed by atoms with Gasteiger partial charge in [-0.25, -0.2) is 0 Å². The van der Waals surface area contributed by atoms with Gasteiger partial charge in [0.25, 0.3) is 0 Å². The Morgan fingerprint density at radius 3 is 0.800 bits per heavy atom. The fourth-order valence-electron chi connectivity index (χ4n) is 14.7. The molecule has 9 rings (SSSR count). The number of amides is 6. The Kier molecular flexibility index (Phi) is 37.3. The monoisotopic (exact) mass is 1470 g/mol. The summed E-state index contributed by atoms with van der Waals surface area (Å²) in [6.07, 6.45) is 43.9. The fourth-order valence-corrected chi connectivity index (χ4v) is 14.7. The summed E-state index contributed by atoms with van der Waals surface area (Å²) < 4.78 is 0. The number of nitrogens with one attached hydrogen (secondary N) is 6. The van der Waals surface area contributed by atoms with Crippen LogP contribution in [0.1, 0.15) is 405 Å². The number of hydrogen-bond acceptors (Lipinski definition) is 6. The highest BCUT2D eigenvalue weighted by molar-refractivity contribution is 5.82. The summed E-state index contributed by atoms with van der Waals surface area (Å²) >= 11 is 0. The van der Waals surface area contributed by atoms with E-state index >= 15 is 0 Å². The molecule has 8 unspecified atom stereocenters. The van der Waals surface area contributed by atoms with E-state index in [-0.39, 0.29) is 97.3 Å². The van der Waals surface area contributed by atoms with Crippen LogP contribution in [0.25, 0.3) is 0 Å². The van der Waals surface area contributed by atoms with Crippen LogP contribution in [0.5, 0.6) is 0 Å². The maximum atomic E-state index is 12.4. The highest BCUT2D eigenvalue weighted by Gasteiger charge is 2.40. The van der Waals surface area contributed by atoms with E-state index in [2.05, 4.69) is 170 Å². The van der Waals surface area contributed by atoms with Crippen LogP contribution >= 0.6 is 0 Å². The Bertz CT molecular complexity index is 2560. The summed E-state index contributed by atoms with van der Waals surface area (Å²) in [5, 5.41) is 18.9. The van der Waals surface area contributed by atoms with Crippen LogP contribution in [0, 0.1) is 106 Å². The number of rotatable bonds is 33. The van der Waals surface area contributed by atoms with Crippen LogP contribution in [0.15, 0.2) is 12.2 Å². The maximum absolute atomic E-state index is 12.4. The van der Waals surface area contributed by atoms with Crippen LogP contribution in [-0.2, 0) is 28.8 Å². The predicted molar refractivity (Wildman–Crippen MR) is 444 cm³/mol. The van der Waals surface area contributed by atoms with Gasteiger partial charge in [0.15, 0.2) is 0 Å². The lowest BCUT2D eigenvalue weighted by atomic mass is 9.76. The van der Waals surface area contributed by atoms with Crippen molar-refractivity contribution in [1.82, 2.24) is 31.9 Å². The molecule has 0 saturated heterocycles. The first-order valence-electron chi connectivity index (χ1n) is 43.7. The molecule has 9 saturated carbocycles. The highest BCUT2D eigenvalue weighted by Crippen LogP contribution is 2.46. The van der Waals surface area contributed by atoms with Gasteiger partial charge >= 0.3 is 0 Å². The van der Waals surface area contributed by atoms with E-state index in [4.69, 9.17) is 0 Å². The van der Waals surface area contributed by atoms with Crippen molar-refractivity contribution in [3.8, 4) is 0 Å². The van der Waals surface area contributed by atoms with Crippen molar-refractivity contribution in [2.45, 2.75) is 438 Å². The molecular formula is C93H172N6O6. The Hall–Kier alpha value is -3.44. The summed E-state index contributed by atoms with van der Waals surface area (Å²) in [6, 6.07) is 0. The second-order valence-corrected chi connectivity index (χ2v) is 44.8. The van der Waals surface area contributed by atoms with E-state index in [9.17, 15) is 28.8 Å². The molecule has 12 nitrogen and oxygen atoms in total. The van der Waals surface area contributed by atoms with E-state index in [0.29, 0.717) is 17.7 Å². The van der Waals surface area contributed by atoms with E-state index in [0.717, 1.165) is 135 Å². The zero-order valence-electron chi connectivity index (χ0n) is 73.6. The standard InChI is InChI=1S/2C16H29NO.C16H31NO.C15H27NO.C15H29NO.C15H27NO/c1-11-9-14(11)10-13(8-7-12-5-6-12)15(18)17-16(2,3)4;1-16(2,3)17-15(18)14(10-9-12-7-8-12)11-13-5-4-6-13;1-15(2,3)11-13(10-9-12-7-8-12)14(18)17-16(4,5)6;1-15(2,3)16-14(17)13(10-12-6-7-12)9-8-11-4-5-11;1-14(2,3)12(10-9-11-7-8-11)13(17)16-15(4,5)6;1-11(2)10-13(9-8-12-6-7-12)14(17)16-15(3,4)5/h11-14H,5-10H2,1-4H3,(H,17,18);12-14H,4-11H2,1-3H3,(H,17,18);12-13H,7-11H2,1-6H3,(H,17,18);11-13H,4-10H2,1-3H3,(H,16,17);11-12H,7-10H2,1-6H3,(H,16,17);12-13H,1,6-10H2,2-5H3,(H,16,17). The Balaban J connectivity index is 0.000000267. The van der Waals surface area contributed by atoms with E-state index < -0.39 is 0 Å². The third-order valence-corrected chi connectivity index (χ3v) is 22.3. The lowest BCUT2D eigenvalue weighted by molar-refractivity contribution is -0.130. The molecule has 0 aromatic heterocycles. The van der Waals surface area contributed by atoms with Gasteiger partial charge in [0.2, 0.25) is 35.4 Å². The molecule has 0 bridgehead atoms. The molecule has 0 aliphatic heterocycles. The molecule has 105 heavy (non-hydrogen) atoms. The average Bonchev–Trinajstić information content (AvgIpc) is 1.62. The van der Waals surface area contributed by atoms with Crippen LogP contribution < -0.4 is 31.9 Å². The van der Waals surface area contributed by atoms with Gasteiger partial charge in [-0.15, -0.1) is 6.58 Å². The van der Waals surface area contributed by atoms with Crippen LogP contribution in [-0.4, -0.2) is 68.7 Å². The number of allylic oxidation sites excluding steroid dienone is 1. The second kappa shape index (κ2) is 41.7. The minimum absolute atomic E-state index is 0.0597. The summed E-state index contributed by atoms with van der Waals surface area (Å²) in [7, 11) is 0. The molecular weight excluding hydrogens is 1300 g/mol. The Morgan fingerprint density at radius 1 is 0.324 bits per heavy atom. The van der Waals surface area contributed by atoms with Crippen molar-refractivity contribution in [3.63, 3.8) is 0 Å². The van der Waals surface area contributed by atoms with Crippen molar-refractivity contribution in [2.24, 2.45) is 106 Å². The topological polar surface area (TPSA) is 175 Å². The second-order valence-electron chi connectivity index (χ2n) is 44.8. The predicted octanol–water partition coefficient (Wildman–Crippen LogP) is 22.7. The zero-order valence-corrected chi connectivity index (χ0v) is 73.6. The molecule has 6 amide bonds. The van der Waals surface area contributed by atoms with Crippen LogP contribution in [0.3, 0.4) is 0 Å². The molecule has 9 fully saturated rings. The minimum atomic E-state index is -0.135. The van der Waals surface area contributed by atoms with Crippen LogP contribution in [0.2, 0.25) is 0 Å². The zero-order chi connectivity index (χ0) is 79.3. The van der Waals surface area contributed by atoms with Gasteiger partial charge in [0.05, 0.1) is 0 Å². The third-order valence-electron chi connectivity index (χ3n) is 22.3. The fraction of sp³-hybridized carbons (Fsp3) is 0.914. The smallest absolute Gasteiger partial charge is 0.224 e. The van der Waals surface area contributed by atoms with Crippen molar-refractivity contribution >= 4 is 35.4 Å². The minimum Gasteiger partial charge on any atom is -0.351 e. The largest absolute Gasteiger partial charge is 0.351 e. The first-order valence-corrected chi connectivity index (χ1v) is 43.7. The highest BCUT2D eigenvalue weighted by atomic mass is 16.2. The molecule has 0 aromatic carbocycles. The summed E-state index contributed by atoms with van der Waals surface area (Å²) in [6.45, 7) is 58.5. The lowest BCUT2D eigenvalue weighted by Crippen LogP contribution is -2.47. The molecule has 8 atom stereocenters. The Labute approximate surface area is 648 Å². The normalized spacial score (nSPS) is 21.5. The first kappa shape index (κ1) is 93.9. The molecule has 12 heteroatoms. The SMILES string of the molecule is C=C(C)CC(CCC1CC1)C(=O)NC(C)(C)C.CC(C)(C)CC(CCC1CC1)C(=O)NC(C)(C)C.CC(C)(C)NC(=O)C(CCC1CC1)C(C)(C)C.CC(C)(C)NC(=O)C(CCC1CC1)CC1CC1.CC(C)(C)NC(=O)C(CCC1CC1)CC1CCC1.CC1CC1CC(CCC1CC1)C(=O)NC(C)(C)C. The molecule has 0 spiro atoms.